The lowest BCUT2D eigenvalue weighted by atomic mass is 9.82. The summed E-state index contributed by atoms with van der Waals surface area (Å²) in [5.41, 5.74) is 1.75. The van der Waals surface area contributed by atoms with Crippen LogP contribution in [0.15, 0.2) is 12.1 Å². The molecule has 0 bridgehead atoms. The zero-order valence-corrected chi connectivity index (χ0v) is 10.4. The van der Waals surface area contributed by atoms with Crippen molar-refractivity contribution in [1.82, 2.24) is 0 Å². The van der Waals surface area contributed by atoms with Gasteiger partial charge in [-0.05, 0) is 30.2 Å². The minimum Gasteiger partial charge on any atom is -0.496 e. The van der Waals surface area contributed by atoms with Gasteiger partial charge in [-0.25, -0.2) is 0 Å². The summed E-state index contributed by atoms with van der Waals surface area (Å²) in [7, 11) is 1.62. The van der Waals surface area contributed by atoms with Gasteiger partial charge in [0.1, 0.15) is 5.75 Å². The zero-order valence-electron chi connectivity index (χ0n) is 9.60. The molecule has 0 saturated carbocycles. The average molecular weight is 229 g/mol. The minimum atomic E-state index is -0.303. The van der Waals surface area contributed by atoms with Crippen molar-refractivity contribution in [2.24, 2.45) is 0 Å². The van der Waals surface area contributed by atoms with Gasteiger partial charge in [-0.3, -0.25) is 0 Å². The predicted octanol–water partition coefficient (Wildman–Crippen LogP) is 2.93. The Morgan fingerprint density at radius 1 is 1.40 bits per heavy atom. The number of halogens is 1. The van der Waals surface area contributed by atoms with Gasteiger partial charge in [0.05, 0.1) is 13.7 Å². The summed E-state index contributed by atoms with van der Waals surface area (Å²) in [6.07, 6.45) is 0. The molecule has 0 aliphatic rings. The van der Waals surface area contributed by atoms with Crippen molar-refractivity contribution in [3.8, 4) is 5.75 Å². The van der Waals surface area contributed by atoms with Crippen LogP contribution in [0.3, 0.4) is 0 Å². The van der Waals surface area contributed by atoms with Crippen LogP contribution in [0, 0.1) is 6.92 Å². The highest BCUT2D eigenvalue weighted by atomic mass is 35.5. The van der Waals surface area contributed by atoms with Gasteiger partial charge in [-0.15, -0.1) is 0 Å². The molecule has 0 unspecified atom stereocenters. The van der Waals surface area contributed by atoms with Crippen molar-refractivity contribution >= 4 is 11.6 Å². The molecule has 0 fully saturated rings. The average Bonchev–Trinajstić information content (AvgIpc) is 2.20. The number of methoxy groups -OCH3 is 1. The summed E-state index contributed by atoms with van der Waals surface area (Å²) >= 11 is 6.00. The Labute approximate surface area is 95.8 Å². The molecule has 84 valence electrons. The lowest BCUT2D eigenvalue weighted by Crippen LogP contribution is -2.23. The number of hydrogen-bond donors (Lipinski definition) is 1. The van der Waals surface area contributed by atoms with E-state index in [1.165, 1.54) is 0 Å². The summed E-state index contributed by atoms with van der Waals surface area (Å²) in [6.45, 7) is 6.01. The first-order valence-electron chi connectivity index (χ1n) is 4.88. The van der Waals surface area contributed by atoms with E-state index in [1.54, 1.807) is 13.2 Å². The van der Waals surface area contributed by atoms with E-state index in [0.29, 0.717) is 5.02 Å². The van der Waals surface area contributed by atoms with E-state index in [0.717, 1.165) is 16.9 Å². The molecule has 0 saturated heterocycles. The molecule has 0 atom stereocenters. The van der Waals surface area contributed by atoms with Crippen LogP contribution in [0.1, 0.15) is 25.0 Å². The van der Waals surface area contributed by atoms with E-state index in [4.69, 9.17) is 16.3 Å². The largest absolute Gasteiger partial charge is 0.496 e. The first-order valence-corrected chi connectivity index (χ1v) is 5.25. The molecule has 1 rings (SSSR count). The van der Waals surface area contributed by atoms with Gasteiger partial charge < -0.3 is 9.84 Å². The Kier molecular flexibility index (Phi) is 3.63. The van der Waals surface area contributed by atoms with E-state index in [9.17, 15) is 5.11 Å². The highest BCUT2D eigenvalue weighted by Crippen LogP contribution is 2.34. The number of hydrogen-bond acceptors (Lipinski definition) is 2. The molecule has 0 spiro atoms. The fourth-order valence-corrected chi connectivity index (χ4v) is 1.86. The molecule has 1 N–H and O–H groups in total. The number of aliphatic hydroxyl groups excluding tert-OH is 1. The second-order valence-electron chi connectivity index (χ2n) is 4.32. The molecule has 0 amide bonds. The van der Waals surface area contributed by atoms with Crippen molar-refractivity contribution < 1.29 is 9.84 Å². The van der Waals surface area contributed by atoms with Crippen LogP contribution < -0.4 is 4.74 Å². The topological polar surface area (TPSA) is 29.5 Å². The first kappa shape index (κ1) is 12.3. The SMILES string of the molecule is COc1cc(Cl)cc(C(C)(C)CO)c1C. The van der Waals surface area contributed by atoms with Gasteiger partial charge in [-0.1, -0.05) is 25.4 Å². The van der Waals surface area contributed by atoms with Crippen molar-refractivity contribution in [1.29, 1.82) is 0 Å². The Bertz CT molecular complexity index is 359. The summed E-state index contributed by atoms with van der Waals surface area (Å²) in [5.74, 6) is 0.763. The normalized spacial score (nSPS) is 11.6. The summed E-state index contributed by atoms with van der Waals surface area (Å²) in [4.78, 5) is 0. The van der Waals surface area contributed by atoms with Crippen LogP contribution in [-0.2, 0) is 5.41 Å². The van der Waals surface area contributed by atoms with Gasteiger partial charge in [-0.2, -0.15) is 0 Å². The van der Waals surface area contributed by atoms with E-state index < -0.39 is 0 Å². The van der Waals surface area contributed by atoms with Gasteiger partial charge >= 0.3 is 0 Å². The highest BCUT2D eigenvalue weighted by molar-refractivity contribution is 6.30. The third-order valence-corrected chi connectivity index (χ3v) is 2.89. The maximum atomic E-state index is 9.34. The zero-order chi connectivity index (χ0) is 11.6. The summed E-state index contributed by atoms with van der Waals surface area (Å²) < 4.78 is 5.24. The van der Waals surface area contributed by atoms with E-state index in [2.05, 4.69) is 0 Å². The van der Waals surface area contributed by atoms with Crippen LogP contribution in [0.5, 0.6) is 5.75 Å². The highest BCUT2D eigenvalue weighted by Gasteiger charge is 2.23. The molecular formula is C12H17ClO2. The number of aliphatic hydroxyl groups is 1. The molecule has 1 aromatic rings. The molecule has 1 aromatic carbocycles. The molecule has 0 aliphatic carbocycles. The van der Waals surface area contributed by atoms with E-state index in [1.807, 2.05) is 26.8 Å². The Balaban J connectivity index is 3.35. The van der Waals surface area contributed by atoms with Crippen molar-refractivity contribution in [2.45, 2.75) is 26.2 Å². The Morgan fingerprint density at radius 3 is 2.47 bits per heavy atom. The first-order chi connectivity index (χ1) is 6.92. The predicted molar refractivity (Wildman–Crippen MR) is 62.9 cm³/mol. The third kappa shape index (κ3) is 2.44. The number of benzene rings is 1. The monoisotopic (exact) mass is 228 g/mol. The molecule has 15 heavy (non-hydrogen) atoms. The minimum absolute atomic E-state index is 0.0807. The van der Waals surface area contributed by atoms with Crippen LogP contribution >= 0.6 is 11.6 Å². The summed E-state index contributed by atoms with van der Waals surface area (Å²) in [6, 6.07) is 3.67. The fourth-order valence-electron chi connectivity index (χ4n) is 1.65. The van der Waals surface area contributed by atoms with Crippen molar-refractivity contribution in [2.75, 3.05) is 13.7 Å². The molecule has 0 heterocycles. The molecule has 0 aliphatic heterocycles. The second-order valence-corrected chi connectivity index (χ2v) is 4.76. The standard InChI is InChI=1S/C12H17ClO2/c1-8-10(12(2,3)7-14)5-9(13)6-11(8)15-4/h5-6,14H,7H2,1-4H3. The van der Waals surface area contributed by atoms with Gasteiger partial charge in [0.25, 0.3) is 0 Å². The van der Waals surface area contributed by atoms with Crippen molar-refractivity contribution in [3.05, 3.63) is 28.3 Å². The fraction of sp³-hybridized carbons (Fsp3) is 0.500. The Hall–Kier alpha value is -0.730. The van der Waals surface area contributed by atoms with Crippen LogP contribution in [0.4, 0.5) is 0 Å². The Morgan fingerprint density at radius 2 is 2.00 bits per heavy atom. The smallest absolute Gasteiger partial charge is 0.123 e. The number of rotatable bonds is 3. The maximum absolute atomic E-state index is 9.34. The molecule has 0 radical (unpaired) electrons. The second kappa shape index (κ2) is 4.42. The number of ether oxygens (including phenoxy) is 1. The van der Waals surface area contributed by atoms with Crippen molar-refractivity contribution in [3.63, 3.8) is 0 Å². The van der Waals surface area contributed by atoms with Gasteiger partial charge in [0, 0.05) is 10.4 Å². The molecule has 0 aromatic heterocycles. The van der Waals surface area contributed by atoms with E-state index in [-0.39, 0.29) is 12.0 Å². The third-order valence-electron chi connectivity index (χ3n) is 2.67. The molecule has 3 heteroatoms. The van der Waals surface area contributed by atoms with Gasteiger partial charge in [0.15, 0.2) is 0 Å². The van der Waals surface area contributed by atoms with Crippen LogP contribution in [0.2, 0.25) is 5.02 Å². The quantitative estimate of drug-likeness (QED) is 0.862. The lowest BCUT2D eigenvalue weighted by molar-refractivity contribution is 0.217. The molecule has 2 nitrogen and oxygen atoms in total. The van der Waals surface area contributed by atoms with Crippen LogP contribution in [0.25, 0.3) is 0 Å². The van der Waals surface area contributed by atoms with Gasteiger partial charge in [0.2, 0.25) is 0 Å². The van der Waals surface area contributed by atoms with Crippen LogP contribution in [-0.4, -0.2) is 18.8 Å². The lowest BCUT2D eigenvalue weighted by Gasteiger charge is -2.25. The summed E-state index contributed by atoms with van der Waals surface area (Å²) in [5, 5.41) is 9.98. The molecular weight excluding hydrogens is 212 g/mol. The van der Waals surface area contributed by atoms with E-state index >= 15 is 0 Å². The maximum Gasteiger partial charge on any atom is 0.123 e.